The number of aliphatic hydroxyl groups is 1. The lowest BCUT2D eigenvalue weighted by atomic mass is 9.94. The quantitative estimate of drug-likeness (QED) is 0.712. The average molecular weight is 270 g/mol. The molecule has 0 aromatic rings. The molecule has 1 rings (SSSR count). The van der Waals surface area contributed by atoms with E-state index in [2.05, 4.69) is 31.0 Å². The van der Waals surface area contributed by atoms with E-state index in [0.717, 1.165) is 19.4 Å². The molecule has 19 heavy (non-hydrogen) atoms. The normalized spacial score (nSPS) is 21.8. The van der Waals surface area contributed by atoms with Gasteiger partial charge in [-0.05, 0) is 64.6 Å². The second-order valence-electron chi connectivity index (χ2n) is 6.93. The van der Waals surface area contributed by atoms with Gasteiger partial charge in [-0.2, -0.15) is 0 Å². The largest absolute Gasteiger partial charge is 0.389 e. The molecule has 0 saturated carbocycles. The Morgan fingerprint density at radius 2 is 1.95 bits per heavy atom. The summed E-state index contributed by atoms with van der Waals surface area (Å²) in [6.07, 6.45) is 5.69. The molecule has 3 nitrogen and oxygen atoms in total. The van der Waals surface area contributed by atoms with Crippen LogP contribution in [0.2, 0.25) is 0 Å². The van der Waals surface area contributed by atoms with Crippen LogP contribution in [-0.4, -0.2) is 47.8 Å². The van der Waals surface area contributed by atoms with E-state index in [-0.39, 0.29) is 0 Å². The van der Waals surface area contributed by atoms with Gasteiger partial charge < -0.3 is 15.3 Å². The fourth-order valence-electron chi connectivity index (χ4n) is 2.73. The van der Waals surface area contributed by atoms with Crippen LogP contribution in [0.1, 0.15) is 59.8 Å². The zero-order valence-corrected chi connectivity index (χ0v) is 13.4. The van der Waals surface area contributed by atoms with Gasteiger partial charge in [-0.15, -0.1) is 0 Å². The molecule has 0 aliphatic carbocycles. The number of nitrogens with one attached hydrogen (secondary N) is 1. The molecule has 3 heteroatoms. The molecule has 1 aliphatic heterocycles. The molecule has 1 unspecified atom stereocenters. The van der Waals surface area contributed by atoms with Gasteiger partial charge in [0.15, 0.2) is 0 Å². The number of hydrogen-bond acceptors (Lipinski definition) is 3. The summed E-state index contributed by atoms with van der Waals surface area (Å²) < 4.78 is 0. The summed E-state index contributed by atoms with van der Waals surface area (Å²) in [5.74, 6) is 0.670. The first-order chi connectivity index (χ1) is 8.93. The van der Waals surface area contributed by atoms with Crippen molar-refractivity contribution in [3.05, 3.63) is 0 Å². The summed E-state index contributed by atoms with van der Waals surface area (Å²) >= 11 is 0. The van der Waals surface area contributed by atoms with Gasteiger partial charge in [0.25, 0.3) is 0 Å². The van der Waals surface area contributed by atoms with Crippen LogP contribution in [0.25, 0.3) is 0 Å². The number of piperidine rings is 1. The van der Waals surface area contributed by atoms with Crippen LogP contribution in [0, 0.1) is 5.92 Å². The summed E-state index contributed by atoms with van der Waals surface area (Å²) in [4.78, 5) is 2.55. The van der Waals surface area contributed by atoms with E-state index in [1.54, 1.807) is 0 Å². The molecule has 0 radical (unpaired) electrons. The summed E-state index contributed by atoms with van der Waals surface area (Å²) in [6, 6.07) is 0.596. The van der Waals surface area contributed by atoms with Crippen molar-refractivity contribution in [1.82, 2.24) is 10.2 Å². The van der Waals surface area contributed by atoms with Crippen LogP contribution >= 0.6 is 0 Å². The van der Waals surface area contributed by atoms with Crippen molar-refractivity contribution in [2.75, 3.05) is 26.2 Å². The van der Waals surface area contributed by atoms with Crippen LogP contribution in [-0.2, 0) is 0 Å². The van der Waals surface area contributed by atoms with Gasteiger partial charge in [-0.3, -0.25) is 0 Å². The first kappa shape index (κ1) is 16.9. The number of nitrogens with zero attached hydrogens (tertiary/aromatic N) is 1. The van der Waals surface area contributed by atoms with Crippen LogP contribution in [0.4, 0.5) is 0 Å². The maximum absolute atomic E-state index is 10.4. The zero-order chi connectivity index (χ0) is 14.3. The van der Waals surface area contributed by atoms with E-state index in [1.807, 2.05) is 6.92 Å². The Hall–Kier alpha value is -0.120. The van der Waals surface area contributed by atoms with Gasteiger partial charge in [-0.1, -0.05) is 20.8 Å². The first-order valence-corrected chi connectivity index (χ1v) is 8.11. The molecule has 0 spiro atoms. The van der Waals surface area contributed by atoms with E-state index in [9.17, 15) is 5.11 Å². The van der Waals surface area contributed by atoms with Gasteiger partial charge in [0.05, 0.1) is 5.60 Å². The molecule has 0 aromatic heterocycles. The summed E-state index contributed by atoms with van der Waals surface area (Å²) in [5, 5.41) is 13.9. The molecule has 1 aliphatic rings. The molecule has 114 valence electrons. The van der Waals surface area contributed by atoms with Gasteiger partial charge in [0, 0.05) is 12.6 Å². The molecule has 1 fully saturated rings. The van der Waals surface area contributed by atoms with Gasteiger partial charge in [-0.25, -0.2) is 0 Å². The Bertz CT molecular complexity index is 233. The third-order valence-electron chi connectivity index (χ3n) is 4.16. The molecule has 0 amide bonds. The Kier molecular flexibility index (Phi) is 7.33. The molecule has 1 saturated heterocycles. The number of hydrogen-bond donors (Lipinski definition) is 2. The summed E-state index contributed by atoms with van der Waals surface area (Å²) in [5.41, 5.74) is -0.551. The Labute approximate surface area is 119 Å². The molecule has 2 N–H and O–H groups in total. The molecule has 1 atom stereocenters. The first-order valence-electron chi connectivity index (χ1n) is 8.11. The summed E-state index contributed by atoms with van der Waals surface area (Å²) in [7, 11) is 0. The topological polar surface area (TPSA) is 35.5 Å². The minimum Gasteiger partial charge on any atom is -0.389 e. The minimum atomic E-state index is -0.551. The van der Waals surface area contributed by atoms with Crippen LogP contribution in [0.3, 0.4) is 0 Å². The van der Waals surface area contributed by atoms with Crippen molar-refractivity contribution in [3.8, 4) is 0 Å². The van der Waals surface area contributed by atoms with Crippen molar-refractivity contribution < 1.29 is 5.11 Å². The molecular weight excluding hydrogens is 236 g/mol. The van der Waals surface area contributed by atoms with Crippen molar-refractivity contribution in [2.24, 2.45) is 5.92 Å². The lowest BCUT2D eigenvalue weighted by Crippen LogP contribution is -2.47. The van der Waals surface area contributed by atoms with E-state index in [4.69, 9.17) is 0 Å². The fraction of sp³-hybridized carbons (Fsp3) is 1.00. The fourth-order valence-corrected chi connectivity index (χ4v) is 2.73. The standard InChI is InChI=1S/C16H34N2O/c1-5-10-18-11-7-15(8-12-18)17-13-16(4,19)9-6-14(2)3/h14-15,17,19H,5-13H2,1-4H3. The number of likely N-dealkylation sites (tertiary alicyclic amines) is 1. The highest BCUT2D eigenvalue weighted by Crippen LogP contribution is 2.17. The van der Waals surface area contributed by atoms with Crippen LogP contribution in [0.15, 0.2) is 0 Å². The lowest BCUT2D eigenvalue weighted by Gasteiger charge is -2.34. The Balaban J connectivity index is 2.18. The van der Waals surface area contributed by atoms with Gasteiger partial charge >= 0.3 is 0 Å². The van der Waals surface area contributed by atoms with Crippen molar-refractivity contribution in [3.63, 3.8) is 0 Å². The minimum absolute atomic E-state index is 0.551. The van der Waals surface area contributed by atoms with E-state index in [0.29, 0.717) is 12.0 Å². The Morgan fingerprint density at radius 1 is 1.32 bits per heavy atom. The molecule has 0 aromatic carbocycles. The SMILES string of the molecule is CCCN1CCC(NCC(C)(O)CCC(C)C)CC1. The lowest BCUT2D eigenvalue weighted by molar-refractivity contribution is 0.0395. The van der Waals surface area contributed by atoms with E-state index in [1.165, 1.54) is 38.9 Å². The maximum Gasteiger partial charge on any atom is 0.0743 e. The van der Waals surface area contributed by atoms with Crippen LogP contribution < -0.4 is 5.32 Å². The summed E-state index contributed by atoms with van der Waals surface area (Å²) in [6.45, 7) is 13.0. The number of rotatable bonds is 8. The second kappa shape index (κ2) is 8.23. The predicted octanol–water partition coefficient (Wildman–Crippen LogP) is 2.64. The average Bonchev–Trinajstić information content (AvgIpc) is 2.36. The van der Waals surface area contributed by atoms with Gasteiger partial charge in [0.1, 0.15) is 0 Å². The second-order valence-corrected chi connectivity index (χ2v) is 6.93. The third-order valence-corrected chi connectivity index (χ3v) is 4.16. The highest BCUT2D eigenvalue weighted by atomic mass is 16.3. The Morgan fingerprint density at radius 3 is 2.47 bits per heavy atom. The van der Waals surface area contributed by atoms with Crippen molar-refractivity contribution >= 4 is 0 Å². The van der Waals surface area contributed by atoms with Gasteiger partial charge in [0.2, 0.25) is 0 Å². The van der Waals surface area contributed by atoms with Crippen molar-refractivity contribution in [1.29, 1.82) is 0 Å². The molecule has 0 bridgehead atoms. The predicted molar refractivity (Wildman–Crippen MR) is 82.5 cm³/mol. The van der Waals surface area contributed by atoms with E-state index >= 15 is 0 Å². The highest BCUT2D eigenvalue weighted by molar-refractivity contribution is 4.82. The monoisotopic (exact) mass is 270 g/mol. The smallest absolute Gasteiger partial charge is 0.0743 e. The van der Waals surface area contributed by atoms with E-state index < -0.39 is 5.60 Å². The highest BCUT2D eigenvalue weighted by Gasteiger charge is 2.24. The zero-order valence-electron chi connectivity index (χ0n) is 13.4. The molecule has 1 heterocycles. The third kappa shape index (κ3) is 7.28. The molecular formula is C16H34N2O. The van der Waals surface area contributed by atoms with Crippen molar-refractivity contribution in [2.45, 2.75) is 71.4 Å². The maximum atomic E-state index is 10.4. The van der Waals surface area contributed by atoms with Crippen LogP contribution in [0.5, 0.6) is 0 Å².